The second kappa shape index (κ2) is 6.92. The van der Waals surface area contributed by atoms with Gasteiger partial charge in [-0.2, -0.15) is 0 Å². The lowest BCUT2D eigenvalue weighted by Gasteiger charge is -2.23. The summed E-state index contributed by atoms with van der Waals surface area (Å²) in [5, 5.41) is 6.13. The lowest BCUT2D eigenvalue weighted by molar-refractivity contribution is -0.119. The molecule has 2 aliphatic heterocycles. The van der Waals surface area contributed by atoms with Crippen molar-refractivity contribution >= 4 is 24.0 Å². The van der Waals surface area contributed by atoms with Crippen molar-refractivity contribution in [2.24, 2.45) is 0 Å². The van der Waals surface area contributed by atoms with Crippen molar-refractivity contribution in [3.8, 4) is 5.75 Å². The van der Waals surface area contributed by atoms with Gasteiger partial charge in [-0.1, -0.05) is 0 Å². The Hall–Kier alpha value is -1.30. The quantitative estimate of drug-likeness (QED) is 0.885. The Balaban J connectivity index is 0.00000147. The Morgan fingerprint density at radius 2 is 2.30 bits per heavy atom. The summed E-state index contributed by atoms with van der Waals surface area (Å²) in [6.07, 6.45) is 1.28. The van der Waals surface area contributed by atoms with Crippen LogP contribution in [0.3, 0.4) is 0 Å². The highest BCUT2D eigenvalue weighted by atomic mass is 35.5. The Kier molecular flexibility index (Phi) is 5.23. The van der Waals surface area contributed by atoms with Crippen LogP contribution in [0.2, 0.25) is 0 Å². The van der Waals surface area contributed by atoms with Crippen molar-refractivity contribution in [2.45, 2.75) is 18.9 Å². The average Bonchev–Trinajstić information content (AvgIpc) is 2.87. The first-order chi connectivity index (χ1) is 9.31. The van der Waals surface area contributed by atoms with Crippen LogP contribution in [-0.4, -0.2) is 38.3 Å². The van der Waals surface area contributed by atoms with E-state index in [4.69, 9.17) is 9.47 Å². The van der Waals surface area contributed by atoms with Gasteiger partial charge in [0.05, 0.1) is 25.7 Å². The molecule has 2 aliphatic rings. The van der Waals surface area contributed by atoms with Gasteiger partial charge in [0.15, 0.2) is 0 Å². The van der Waals surface area contributed by atoms with E-state index < -0.39 is 0 Å². The molecule has 1 aromatic rings. The van der Waals surface area contributed by atoms with Crippen LogP contribution >= 0.6 is 12.4 Å². The zero-order chi connectivity index (χ0) is 13.1. The predicted octanol–water partition coefficient (Wildman–Crippen LogP) is 1.36. The maximum atomic E-state index is 11.9. The van der Waals surface area contributed by atoms with Gasteiger partial charge in [0.1, 0.15) is 5.75 Å². The number of benzene rings is 1. The number of fused-ring (bicyclic) bond motifs is 1. The molecule has 110 valence electrons. The monoisotopic (exact) mass is 298 g/mol. The summed E-state index contributed by atoms with van der Waals surface area (Å²) in [6, 6.07) is 5.78. The standard InChI is InChI=1S/C14H18N2O3.ClH/c17-14(8-12-9-15-4-6-18-12)16-11-1-2-13-10(7-11)3-5-19-13;/h1-2,7,12,15H,3-6,8-9H2,(H,16,17);1H. The number of carbonyl (C=O) groups is 1. The number of ether oxygens (including phenoxy) is 2. The maximum Gasteiger partial charge on any atom is 0.227 e. The van der Waals surface area contributed by atoms with Gasteiger partial charge in [0, 0.05) is 25.2 Å². The van der Waals surface area contributed by atoms with E-state index in [2.05, 4.69) is 10.6 Å². The molecule has 0 aliphatic carbocycles. The van der Waals surface area contributed by atoms with E-state index >= 15 is 0 Å². The summed E-state index contributed by atoms with van der Waals surface area (Å²) in [6.45, 7) is 3.01. The molecule has 0 bridgehead atoms. The van der Waals surface area contributed by atoms with Crippen LogP contribution in [0.1, 0.15) is 12.0 Å². The Labute approximate surface area is 124 Å². The molecular formula is C14H19ClN2O3. The first-order valence-corrected chi connectivity index (χ1v) is 6.69. The van der Waals surface area contributed by atoms with Crippen LogP contribution in [0.25, 0.3) is 0 Å². The summed E-state index contributed by atoms with van der Waals surface area (Å²) in [5.74, 6) is 0.922. The highest BCUT2D eigenvalue weighted by Gasteiger charge is 2.18. The summed E-state index contributed by atoms with van der Waals surface area (Å²) >= 11 is 0. The van der Waals surface area contributed by atoms with Crippen LogP contribution in [0.4, 0.5) is 5.69 Å². The minimum atomic E-state index is -0.0217. The molecule has 0 aromatic heterocycles. The Morgan fingerprint density at radius 1 is 1.40 bits per heavy atom. The fraction of sp³-hybridized carbons (Fsp3) is 0.500. The fourth-order valence-corrected chi connectivity index (χ4v) is 2.43. The molecule has 1 amide bonds. The number of carbonyl (C=O) groups excluding carboxylic acids is 1. The molecule has 1 saturated heterocycles. The molecule has 1 unspecified atom stereocenters. The highest BCUT2D eigenvalue weighted by Crippen LogP contribution is 2.27. The van der Waals surface area contributed by atoms with Crippen LogP contribution < -0.4 is 15.4 Å². The molecule has 0 saturated carbocycles. The van der Waals surface area contributed by atoms with Crippen LogP contribution in [0, 0.1) is 0 Å². The van der Waals surface area contributed by atoms with E-state index in [1.165, 1.54) is 0 Å². The van der Waals surface area contributed by atoms with Crippen molar-refractivity contribution in [1.82, 2.24) is 5.32 Å². The molecule has 5 nitrogen and oxygen atoms in total. The maximum absolute atomic E-state index is 11.9. The molecule has 1 fully saturated rings. The number of morpholine rings is 1. The molecule has 2 N–H and O–H groups in total. The van der Waals surface area contributed by atoms with Crippen LogP contribution in [0.15, 0.2) is 18.2 Å². The average molecular weight is 299 g/mol. The van der Waals surface area contributed by atoms with E-state index in [0.29, 0.717) is 13.0 Å². The van der Waals surface area contributed by atoms with E-state index in [1.807, 2.05) is 18.2 Å². The van der Waals surface area contributed by atoms with E-state index in [-0.39, 0.29) is 24.4 Å². The van der Waals surface area contributed by atoms with Gasteiger partial charge in [-0.15, -0.1) is 12.4 Å². The number of amides is 1. The molecule has 3 rings (SSSR count). The minimum Gasteiger partial charge on any atom is -0.493 e. The lowest BCUT2D eigenvalue weighted by Crippen LogP contribution is -2.40. The molecule has 2 heterocycles. The van der Waals surface area contributed by atoms with Crippen molar-refractivity contribution in [1.29, 1.82) is 0 Å². The smallest absolute Gasteiger partial charge is 0.227 e. The second-order valence-corrected chi connectivity index (χ2v) is 4.87. The zero-order valence-corrected chi connectivity index (χ0v) is 12.0. The molecule has 6 heteroatoms. The van der Waals surface area contributed by atoms with Crippen LogP contribution in [0.5, 0.6) is 5.75 Å². The van der Waals surface area contributed by atoms with E-state index in [9.17, 15) is 4.79 Å². The molecular weight excluding hydrogens is 280 g/mol. The first kappa shape index (κ1) is 15.1. The molecule has 1 aromatic carbocycles. The van der Waals surface area contributed by atoms with Gasteiger partial charge in [-0.25, -0.2) is 0 Å². The van der Waals surface area contributed by atoms with Gasteiger partial charge in [-0.05, 0) is 23.8 Å². The summed E-state index contributed by atoms with van der Waals surface area (Å²) in [5.41, 5.74) is 1.99. The lowest BCUT2D eigenvalue weighted by atomic mass is 10.1. The van der Waals surface area contributed by atoms with Gasteiger partial charge >= 0.3 is 0 Å². The van der Waals surface area contributed by atoms with Gasteiger partial charge in [0.2, 0.25) is 5.91 Å². The third kappa shape index (κ3) is 3.62. The van der Waals surface area contributed by atoms with E-state index in [1.54, 1.807) is 0 Å². The summed E-state index contributed by atoms with van der Waals surface area (Å²) in [7, 11) is 0. The third-order valence-corrected chi connectivity index (χ3v) is 3.39. The highest BCUT2D eigenvalue weighted by molar-refractivity contribution is 5.91. The SMILES string of the molecule is Cl.O=C(CC1CNCCO1)Nc1ccc2c(c1)CCO2. The number of hydrogen-bond acceptors (Lipinski definition) is 4. The van der Waals surface area contributed by atoms with Crippen molar-refractivity contribution in [3.05, 3.63) is 23.8 Å². The number of nitrogens with one attached hydrogen (secondary N) is 2. The minimum absolute atomic E-state index is 0. The fourth-order valence-electron chi connectivity index (χ4n) is 2.43. The van der Waals surface area contributed by atoms with Gasteiger partial charge in [0.25, 0.3) is 0 Å². The number of anilines is 1. The van der Waals surface area contributed by atoms with E-state index in [0.717, 1.165) is 43.1 Å². The third-order valence-electron chi connectivity index (χ3n) is 3.39. The normalized spacial score (nSPS) is 20.5. The van der Waals surface area contributed by atoms with Gasteiger partial charge in [-0.3, -0.25) is 4.79 Å². The number of hydrogen-bond donors (Lipinski definition) is 2. The second-order valence-electron chi connectivity index (χ2n) is 4.87. The molecule has 0 spiro atoms. The molecule has 0 radical (unpaired) electrons. The van der Waals surface area contributed by atoms with Crippen molar-refractivity contribution in [2.75, 3.05) is 31.6 Å². The molecule has 1 atom stereocenters. The summed E-state index contributed by atoms with van der Waals surface area (Å²) in [4.78, 5) is 11.9. The zero-order valence-electron chi connectivity index (χ0n) is 11.2. The van der Waals surface area contributed by atoms with Crippen LogP contribution in [-0.2, 0) is 16.0 Å². The molecule has 20 heavy (non-hydrogen) atoms. The van der Waals surface area contributed by atoms with Crippen molar-refractivity contribution in [3.63, 3.8) is 0 Å². The summed E-state index contributed by atoms with van der Waals surface area (Å²) < 4.78 is 11.0. The topological polar surface area (TPSA) is 59.6 Å². The number of halogens is 1. The Bertz CT molecular complexity index is 475. The first-order valence-electron chi connectivity index (χ1n) is 6.69. The predicted molar refractivity (Wildman–Crippen MR) is 78.7 cm³/mol. The number of rotatable bonds is 3. The largest absolute Gasteiger partial charge is 0.493 e. The van der Waals surface area contributed by atoms with Crippen molar-refractivity contribution < 1.29 is 14.3 Å². The Morgan fingerprint density at radius 3 is 3.10 bits per heavy atom. The van der Waals surface area contributed by atoms with Gasteiger partial charge < -0.3 is 20.1 Å².